The highest BCUT2D eigenvalue weighted by Crippen LogP contribution is 2.32. The molecule has 30 heavy (non-hydrogen) atoms. The highest BCUT2D eigenvalue weighted by Gasteiger charge is 2.28. The second-order valence-corrected chi connectivity index (χ2v) is 8.73. The molecule has 1 atom stereocenters. The Bertz CT molecular complexity index is 1250. The summed E-state index contributed by atoms with van der Waals surface area (Å²) in [4.78, 5) is 24.2. The van der Waals surface area contributed by atoms with Crippen LogP contribution in [0.3, 0.4) is 0 Å². The molecule has 0 radical (unpaired) electrons. The van der Waals surface area contributed by atoms with Crippen molar-refractivity contribution in [2.45, 2.75) is 30.8 Å². The highest BCUT2D eigenvalue weighted by molar-refractivity contribution is 7.90. The van der Waals surface area contributed by atoms with Gasteiger partial charge in [-0.3, -0.25) is 9.59 Å². The number of rotatable bonds is 5. The maximum atomic E-state index is 12.6. The fourth-order valence-electron chi connectivity index (χ4n) is 3.34. The van der Waals surface area contributed by atoms with Gasteiger partial charge in [-0.2, -0.15) is 0 Å². The summed E-state index contributed by atoms with van der Waals surface area (Å²) in [5.74, 6) is -0.586. The van der Waals surface area contributed by atoms with E-state index in [9.17, 15) is 18.0 Å². The van der Waals surface area contributed by atoms with Crippen molar-refractivity contribution >= 4 is 38.3 Å². The predicted octanol–water partition coefficient (Wildman–Crippen LogP) is 3.00. The summed E-state index contributed by atoms with van der Waals surface area (Å²) in [7, 11) is -4.10. The fourth-order valence-corrected chi connectivity index (χ4v) is 4.35. The van der Waals surface area contributed by atoms with Crippen molar-refractivity contribution in [3.63, 3.8) is 0 Å². The van der Waals surface area contributed by atoms with Crippen molar-refractivity contribution in [1.82, 2.24) is 4.72 Å². The van der Waals surface area contributed by atoms with Gasteiger partial charge >= 0.3 is 0 Å². The summed E-state index contributed by atoms with van der Waals surface area (Å²) in [5.41, 5.74) is 0.965. The van der Waals surface area contributed by atoms with Crippen molar-refractivity contribution in [2.75, 3.05) is 5.32 Å². The minimum absolute atomic E-state index is 0.0764. The molecule has 2 amide bonds. The number of carbonyl (C=O) groups excluding carboxylic acids is 2. The molecular formula is C22H20N2O5S. The first kappa shape index (κ1) is 19.9. The van der Waals surface area contributed by atoms with E-state index in [1.54, 1.807) is 6.07 Å². The quantitative estimate of drug-likeness (QED) is 0.656. The number of benzene rings is 3. The molecule has 3 aromatic rings. The van der Waals surface area contributed by atoms with Crippen molar-refractivity contribution in [2.24, 2.45) is 0 Å². The molecule has 154 valence electrons. The third-order valence-corrected chi connectivity index (χ3v) is 6.25. The smallest absolute Gasteiger partial charge is 0.265 e. The Balaban J connectivity index is 1.50. The van der Waals surface area contributed by atoms with Gasteiger partial charge in [0, 0.05) is 0 Å². The number of hydrogen-bond donors (Lipinski definition) is 2. The van der Waals surface area contributed by atoms with Crippen molar-refractivity contribution < 1.29 is 22.7 Å². The van der Waals surface area contributed by atoms with Crippen LogP contribution in [0.4, 0.5) is 5.69 Å². The summed E-state index contributed by atoms with van der Waals surface area (Å²) in [5, 5.41) is 4.66. The molecule has 1 heterocycles. The van der Waals surface area contributed by atoms with E-state index < -0.39 is 22.0 Å². The van der Waals surface area contributed by atoms with Crippen molar-refractivity contribution in [1.29, 1.82) is 0 Å². The Labute approximate surface area is 174 Å². The molecule has 4 rings (SSSR count). The Morgan fingerprint density at radius 2 is 1.83 bits per heavy atom. The lowest BCUT2D eigenvalue weighted by molar-refractivity contribution is -0.123. The summed E-state index contributed by atoms with van der Waals surface area (Å²) in [6.45, 7) is 1.82. The Morgan fingerprint density at radius 1 is 1.07 bits per heavy atom. The van der Waals surface area contributed by atoms with Crippen LogP contribution >= 0.6 is 0 Å². The molecule has 3 aromatic carbocycles. The van der Waals surface area contributed by atoms with Crippen LogP contribution < -0.4 is 14.8 Å². The minimum Gasteiger partial charge on any atom is -0.478 e. The Morgan fingerprint density at radius 3 is 2.60 bits per heavy atom. The zero-order valence-electron chi connectivity index (χ0n) is 16.2. The summed E-state index contributed by atoms with van der Waals surface area (Å²) < 4.78 is 32.9. The molecule has 0 unspecified atom stereocenters. The number of carbonyl (C=O) groups is 2. The SMILES string of the molecule is CC[C@H]1Oc2ccc(S(=O)(=O)NC(=O)Cc3ccc4ccccc4c3)cc2NC1=O. The zero-order chi connectivity index (χ0) is 21.3. The van der Waals surface area contributed by atoms with Crippen LogP contribution in [0, 0.1) is 0 Å². The molecule has 0 bridgehead atoms. The Kier molecular flexibility index (Phi) is 5.17. The monoisotopic (exact) mass is 424 g/mol. The van der Waals surface area contributed by atoms with Crippen molar-refractivity contribution in [3.05, 3.63) is 66.2 Å². The first-order valence-corrected chi connectivity index (χ1v) is 11.0. The van der Waals surface area contributed by atoms with E-state index in [-0.39, 0.29) is 22.9 Å². The molecule has 2 N–H and O–H groups in total. The first-order valence-electron chi connectivity index (χ1n) is 9.50. The standard InChI is InChI=1S/C22H20N2O5S/c1-2-19-22(26)23-18-13-17(9-10-20(18)29-19)30(27,28)24-21(25)12-14-7-8-15-5-3-4-6-16(15)11-14/h3-11,13,19H,2,12H2,1H3,(H,23,26)(H,24,25)/t19-/m1/s1. The van der Waals surface area contributed by atoms with Crippen LogP contribution in [0.5, 0.6) is 5.75 Å². The van der Waals surface area contributed by atoms with Crippen molar-refractivity contribution in [3.8, 4) is 5.75 Å². The van der Waals surface area contributed by atoms with E-state index in [0.29, 0.717) is 17.7 Å². The number of fused-ring (bicyclic) bond motifs is 2. The van der Waals surface area contributed by atoms with E-state index in [1.165, 1.54) is 18.2 Å². The van der Waals surface area contributed by atoms with Crippen LogP contribution in [-0.2, 0) is 26.0 Å². The third kappa shape index (κ3) is 3.99. The number of ether oxygens (including phenoxy) is 1. The van der Waals surface area contributed by atoms with E-state index in [2.05, 4.69) is 10.0 Å². The Hall–Kier alpha value is -3.39. The molecular weight excluding hydrogens is 404 g/mol. The highest BCUT2D eigenvalue weighted by atomic mass is 32.2. The van der Waals surface area contributed by atoms with Crippen LogP contribution in [0.2, 0.25) is 0 Å². The van der Waals surface area contributed by atoms with E-state index in [4.69, 9.17) is 4.74 Å². The summed E-state index contributed by atoms with van der Waals surface area (Å²) >= 11 is 0. The normalized spacial score (nSPS) is 15.8. The summed E-state index contributed by atoms with van der Waals surface area (Å²) in [6.07, 6.45) is -0.190. The molecule has 7 nitrogen and oxygen atoms in total. The molecule has 0 aromatic heterocycles. The lowest BCUT2D eigenvalue weighted by Gasteiger charge is -2.25. The van der Waals surface area contributed by atoms with Gasteiger partial charge in [0.15, 0.2) is 6.10 Å². The topological polar surface area (TPSA) is 102 Å². The van der Waals surface area contributed by atoms with Crippen LogP contribution in [-0.4, -0.2) is 26.3 Å². The number of anilines is 1. The lowest BCUT2D eigenvalue weighted by atomic mass is 10.1. The van der Waals surface area contributed by atoms with Gasteiger partial charge in [-0.05, 0) is 41.0 Å². The molecule has 0 fully saturated rings. The van der Waals surface area contributed by atoms with Gasteiger partial charge in [0.25, 0.3) is 15.9 Å². The maximum absolute atomic E-state index is 12.6. The second kappa shape index (κ2) is 7.79. The lowest BCUT2D eigenvalue weighted by Crippen LogP contribution is -2.36. The number of nitrogens with one attached hydrogen (secondary N) is 2. The number of amides is 2. The second-order valence-electron chi connectivity index (χ2n) is 7.05. The van der Waals surface area contributed by atoms with E-state index in [0.717, 1.165) is 10.8 Å². The van der Waals surface area contributed by atoms with E-state index in [1.807, 2.05) is 43.3 Å². The van der Waals surface area contributed by atoms with Gasteiger partial charge in [0.1, 0.15) is 5.75 Å². The number of sulfonamides is 1. The van der Waals surface area contributed by atoms with Gasteiger partial charge in [-0.15, -0.1) is 0 Å². The molecule has 0 spiro atoms. The van der Waals surface area contributed by atoms with E-state index >= 15 is 0 Å². The zero-order valence-corrected chi connectivity index (χ0v) is 17.0. The first-order chi connectivity index (χ1) is 14.4. The average molecular weight is 424 g/mol. The van der Waals surface area contributed by atoms with Gasteiger partial charge in [-0.1, -0.05) is 49.4 Å². The number of hydrogen-bond acceptors (Lipinski definition) is 5. The summed E-state index contributed by atoms with van der Waals surface area (Å²) in [6, 6.07) is 17.4. The molecule has 0 saturated heterocycles. The van der Waals surface area contributed by atoms with Crippen LogP contribution in [0.1, 0.15) is 18.9 Å². The molecule has 0 saturated carbocycles. The van der Waals surface area contributed by atoms with Gasteiger partial charge < -0.3 is 10.1 Å². The molecule has 1 aliphatic rings. The molecule has 0 aliphatic carbocycles. The van der Waals surface area contributed by atoms with Crippen LogP contribution in [0.15, 0.2) is 65.6 Å². The molecule has 1 aliphatic heterocycles. The van der Waals surface area contributed by atoms with Crippen LogP contribution in [0.25, 0.3) is 10.8 Å². The van der Waals surface area contributed by atoms with Gasteiger partial charge in [0.2, 0.25) is 5.91 Å². The average Bonchev–Trinajstić information content (AvgIpc) is 2.72. The minimum atomic E-state index is -4.10. The largest absolute Gasteiger partial charge is 0.478 e. The predicted molar refractivity (Wildman–Crippen MR) is 113 cm³/mol. The van der Waals surface area contributed by atoms with Gasteiger partial charge in [-0.25, -0.2) is 13.1 Å². The maximum Gasteiger partial charge on any atom is 0.265 e. The molecule has 8 heteroatoms. The third-order valence-electron chi connectivity index (χ3n) is 4.88. The fraction of sp³-hybridized carbons (Fsp3) is 0.182. The van der Waals surface area contributed by atoms with Gasteiger partial charge in [0.05, 0.1) is 17.0 Å².